The average Bonchev–Trinajstić information content (AvgIpc) is 3.21. The maximum absolute atomic E-state index is 14.4. The summed E-state index contributed by atoms with van der Waals surface area (Å²) in [5.41, 5.74) is 1.39. The number of pyridine rings is 1. The minimum atomic E-state index is -0.512. The lowest BCUT2D eigenvalue weighted by molar-refractivity contribution is 0.0610. The number of aromatic nitrogens is 4. The van der Waals surface area contributed by atoms with Gasteiger partial charge in [0.25, 0.3) is 0 Å². The van der Waals surface area contributed by atoms with Crippen molar-refractivity contribution in [3.8, 4) is 11.4 Å². The molecular weight excluding hydrogens is 435 g/mol. The van der Waals surface area contributed by atoms with Crippen LogP contribution in [0.4, 0.5) is 10.2 Å². The molecule has 172 valence electrons. The van der Waals surface area contributed by atoms with Gasteiger partial charge < -0.3 is 25.5 Å². The van der Waals surface area contributed by atoms with Gasteiger partial charge in [-0.1, -0.05) is 18.0 Å². The second-order valence-electron chi connectivity index (χ2n) is 8.27. The first-order valence-corrected chi connectivity index (χ1v) is 11.2. The summed E-state index contributed by atoms with van der Waals surface area (Å²) in [7, 11) is 1.58. The number of hydrogen-bond donors (Lipinski definition) is 4. The van der Waals surface area contributed by atoms with Crippen molar-refractivity contribution >= 4 is 28.5 Å². The van der Waals surface area contributed by atoms with Crippen LogP contribution in [0, 0.1) is 11.7 Å². The number of methoxy groups -OCH3 is 1. The number of aliphatic hydroxyl groups is 1. The van der Waals surface area contributed by atoms with Gasteiger partial charge in [-0.15, -0.1) is 0 Å². The van der Waals surface area contributed by atoms with E-state index < -0.39 is 11.9 Å². The maximum atomic E-state index is 14.4. The Balaban J connectivity index is 1.40. The van der Waals surface area contributed by atoms with Crippen molar-refractivity contribution in [2.24, 2.45) is 5.92 Å². The molecule has 1 fully saturated rings. The zero-order valence-corrected chi connectivity index (χ0v) is 18.7. The van der Waals surface area contributed by atoms with Crippen LogP contribution in [0.25, 0.3) is 22.4 Å². The van der Waals surface area contributed by atoms with E-state index in [2.05, 4.69) is 30.6 Å². The number of H-pyrrole nitrogens is 1. The SMILES string of the molecule is COCC(O)CNC1CCCC(CNc2nc(-c3c[nH]c4ncc(Cl)cc34)ncc2F)C1. The monoisotopic (exact) mass is 462 g/mol. The lowest BCUT2D eigenvalue weighted by Gasteiger charge is -2.30. The van der Waals surface area contributed by atoms with Crippen LogP contribution in [0.15, 0.2) is 24.7 Å². The molecule has 3 heterocycles. The third-order valence-corrected chi connectivity index (χ3v) is 6.03. The summed E-state index contributed by atoms with van der Waals surface area (Å²) in [6, 6.07) is 2.12. The van der Waals surface area contributed by atoms with Gasteiger partial charge in [-0.2, -0.15) is 0 Å². The van der Waals surface area contributed by atoms with Crippen molar-refractivity contribution in [1.82, 2.24) is 25.3 Å². The Hall–Kier alpha value is -2.33. The minimum absolute atomic E-state index is 0.185. The Morgan fingerprint density at radius 3 is 3.06 bits per heavy atom. The lowest BCUT2D eigenvalue weighted by atomic mass is 9.85. The van der Waals surface area contributed by atoms with Gasteiger partial charge in [0.15, 0.2) is 17.5 Å². The fourth-order valence-electron chi connectivity index (χ4n) is 4.24. The number of halogens is 2. The van der Waals surface area contributed by atoms with Crippen molar-refractivity contribution in [3.05, 3.63) is 35.5 Å². The van der Waals surface area contributed by atoms with Gasteiger partial charge in [-0.25, -0.2) is 19.3 Å². The summed E-state index contributed by atoms with van der Waals surface area (Å²) in [6.45, 7) is 1.44. The molecule has 4 N–H and O–H groups in total. The highest BCUT2D eigenvalue weighted by Crippen LogP contribution is 2.29. The average molecular weight is 463 g/mol. The molecule has 3 aromatic rings. The number of anilines is 1. The summed E-state index contributed by atoms with van der Waals surface area (Å²) >= 11 is 6.08. The molecule has 32 heavy (non-hydrogen) atoms. The fourth-order valence-corrected chi connectivity index (χ4v) is 4.40. The van der Waals surface area contributed by atoms with Gasteiger partial charge in [0, 0.05) is 49.6 Å². The Morgan fingerprint density at radius 1 is 1.34 bits per heavy atom. The van der Waals surface area contributed by atoms with Gasteiger partial charge in [-0.05, 0) is 31.2 Å². The highest BCUT2D eigenvalue weighted by Gasteiger charge is 2.23. The van der Waals surface area contributed by atoms with E-state index in [0.29, 0.717) is 48.2 Å². The topological polar surface area (TPSA) is 108 Å². The van der Waals surface area contributed by atoms with Crippen LogP contribution in [0.1, 0.15) is 25.7 Å². The number of aliphatic hydroxyl groups excluding tert-OH is 1. The highest BCUT2D eigenvalue weighted by atomic mass is 35.5. The van der Waals surface area contributed by atoms with Gasteiger partial charge in [-0.3, -0.25) is 0 Å². The third kappa shape index (κ3) is 5.53. The van der Waals surface area contributed by atoms with E-state index in [1.165, 1.54) is 6.20 Å². The molecule has 3 unspecified atom stereocenters. The Labute approximate surface area is 191 Å². The molecule has 8 nitrogen and oxygen atoms in total. The molecule has 0 spiro atoms. The zero-order valence-electron chi connectivity index (χ0n) is 17.9. The molecule has 3 atom stereocenters. The predicted octanol–water partition coefficient (Wildman–Crippen LogP) is 3.38. The van der Waals surface area contributed by atoms with E-state index in [1.54, 1.807) is 25.6 Å². The van der Waals surface area contributed by atoms with Crippen LogP contribution in [-0.4, -0.2) is 64.0 Å². The summed E-state index contributed by atoms with van der Waals surface area (Å²) in [4.78, 5) is 15.9. The Bertz CT molecular complexity index is 1050. The van der Waals surface area contributed by atoms with Crippen molar-refractivity contribution in [2.45, 2.75) is 37.8 Å². The molecular formula is C22H28ClFN6O2. The molecule has 1 aliphatic carbocycles. The predicted molar refractivity (Wildman–Crippen MR) is 122 cm³/mol. The summed E-state index contributed by atoms with van der Waals surface area (Å²) in [5.74, 6) is 0.483. The van der Waals surface area contributed by atoms with Crippen molar-refractivity contribution < 1.29 is 14.2 Å². The van der Waals surface area contributed by atoms with Crippen LogP contribution < -0.4 is 10.6 Å². The number of hydrogen-bond acceptors (Lipinski definition) is 7. The first kappa shape index (κ1) is 22.8. The Kier molecular flexibility index (Phi) is 7.51. The van der Waals surface area contributed by atoms with Gasteiger partial charge in [0.05, 0.1) is 23.9 Å². The molecule has 0 aliphatic heterocycles. The van der Waals surface area contributed by atoms with Crippen LogP contribution in [0.3, 0.4) is 0 Å². The van der Waals surface area contributed by atoms with Gasteiger partial charge >= 0.3 is 0 Å². The standard InChI is InChI=1S/C22H28ClFN6O2/c1-32-12-16(31)9-25-15-4-2-3-13(5-15)7-26-22-19(24)11-29-21(30-22)18-10-28-20-17(18)6-14(23)8-27-20/h6,8,10-11,13,15-16,25,31H,2-5,7,9,12H2,1H3,(H,27,28)(H,26,29,30). The lowest BCUT2D eigenvalue weighted by Crippen LogP contribution is -2.41. The minimum Gasteiger partial charge on any atom is -0.389 e. The molecule has 0 saturated heterocycles. The van der Waals surface area contributed by atoms with Crippen molar-refractivity contribution in [1.29, 1.82) is 0 Å². The third-order valence-electron chi connectivity index (χ3n) is 5.82. The molecule has 0 aromatic carbocycles. The summed E-state index contributed by atoms with van der Waals surface area (Å²) in [6.07, 6.45) is 8.17. The number of rotatable bonds is 9. The molecule has 3 aromatic heterocycles. The number of nitrogens with zero attached hydrogens (tertiary/aromatic N) is 3. The molecule has 10 heteroatoms. The normalized spacial score (nSPS) is 19.9. The van der Waals surface area contributed by atoms with Crippen LogP contribution in [0.2, 0.25) is 5.02 Å². The molecule has 1 aliphatic rings. The number of fused-ring (bicyclic) bond motifs is 1. The van der Waals surface area contributed by atoms with E-state index in [1.807, 2.05) is 0 Å². The molecule has 1 saturated carbocycles. The second kappa shape index (κ2) is 10.5. The van der Waals surface area contributed by atoms with Crippen LogP contribution in [-0.2, 0) is 4.74 Å². The zero-order chi connectivity index (χ0) is 22.5. The largest absolute Gasteiger partial charge is 0.389 e. The molecule has 0 bridgehead atoms. The molecule has 0 radical (unpaired) electrons. The van der Waals surface area contributed by atoms with Crippen LogP contribution >= 0.6 is 11.6 Å². The first-order chi connectivity index (χ1) is 15.5. The summed E-state index contributed by atoms with van der Waals surface area (Å²) < 4.78 is 19.4. The van der Waals surface area contributed by atoms with E-state index >= 15 is 0 Å². The van der Waals surface area contributed by atoms with Crippen molar-refractivity contribution in [2.75, 3.05) is 32.1 Å². The van der Waals surface area contributed by atoms with E-state index in [4.69, 9.17) is 16.3 Å². The second-order valence-corrected chi connectivity index (χ2v) is 8.71. The smallest absolute Gasteiger partial charge is 0.183 e. The molecule has 0 amide bonds. The number of nitrogens with one attached hydrogen (secondary N) is 3. The van der Waals surface area contributed by atoms with E-state index in [0.717, 1.165) is 36.6 Å². The number of aromatic amines is 1. The van der Waals surface area contributed by atoms with E-state index in [-0.39, 0.29) is 5.82 Å². The Morgan fingerprint density at radius 2 is 2.22 bits per heavy atom. The molecule has 4 rings (SSSR count). The van der Waals surface area contributed by atoms with Crippen LogP contribution in [0.5, 0.6) is 0 Å². The van der Waals surface area contributed by atoms with Crippen molar-refractivity contribution in [3.63, 3.8) is 0 Å². The highest BCUT2D eigenvalue weighted by molar-refractivity contribution is 6.31. The van der Waals surface area contributed by atoms with Gasteiger partial charge in [0.2, 0.25) is 0 Å². The quantitative estimate of drug-likeness (QED) is 0.386. The van der Waals surface area contributed by atoms with E-state index in [9.17, 15) is 9.50 Å². The maximum Gasteiger partial charge on any atom is 0.183 e. The summed E-state index contributed by atoms with van der Waals surface area (Å²) in [5, 5.41) is 17.7. The number of ether oxygens (including phenoxy) is 1. The van der Waals surface area contributed by atoms with Gasteiger partial charge in [0.1, 0.15) is 5.65 Å². The fraction of sp³-hybridized carbons (Fsp3) is 0.500. The first-order valence-electron chi connectivity index (χ1n) is 10.8.